The van der Waals surface area contributed by atoms with Crippen LogP contribution in [-0.2, 0) is 22.4 Å². The van der Waals surface area contributed by atoms with E-state index in [0.29, 0.717) is 32.6 Å². The van der Waals surface area contributed by atoms with Crippen molar-refractivity contribution in [3.05, 3.63) is 74.3 Å². The van der Waals surface area contributed by atoms with Crippen LogP contribution in [0.1, 0.15) is 30.2 Å². The molecule has 0 fully saturated rings. The number of halogens is 1. The van der Waals surface area contributed by atoms with Crippen LogP contribution in [0.2, 0.25) is 5.02 Å². The molecule has 0 atom stereocenters. The molecule has 4 aromatic rings. The summed E-state index contributed by atoms with van der Waals surface area (Å²) in [6.45, 7) is 1.44. The molecule has 0 aliphatic heterocycles. The van der Waals surface area contributed by atoms with Crippen LogP contribution in [-0.4, -0.2) is 27.1 Å². The second-order valence-electron chi connectivity index (χ2n) is 8.50. The third-order valence-electron chi connectivity index (χ3n) is 5.86. The molecule has 184 valence electrons. The van der Waals surface area contributed by atoms with Crippen molar-refractivity contribution in [2.24, 2.45) is 0 Å². The molecule has 0 saturated carbocycles. The lowest BCUT2D eigenvalue weighted by Crippen LogP contribution is -2.23. The second-order valence-corrected chi connectivity index (χ2v) is 11.0. The van der Waals surface area contributed by atoms with Crippen molar-refractivity contribution in [2.75, 3.05) is 16.4 Å². The molecule has 2 amide bonds. The Bertz CT molecular complexity index is 1510. The molecular weight excluding hydrogens is 516 g/mol. The monoisotopic (exact) mass is 538 g/mol. The van der Waals surface area contributed by atoms with Crippen LogP contribution in [0.3, 0.4) is 0 Å². The van der Waals surface area contributed by atoms with Gasteiger partial charge in [0.15, 0.2) is 5.16 Å². The summed E-state index contributed by atoms with van der Waals surface area (Å²) in [4.78, 5) is 44.5. The molecule has 0 saturated heterocycles. The van der Waals surface area contributed by atoms with Crippen molar-refractivity contribution in [3.8, 4) is 5.69 Å². The number of hydrogen-bond acceptors (Lipinski definition) is 6. The van der Waals surface area contributed by atoms with Crippen molar-refractivity contribution in [3.63, 3.8) is 0 Å². The number of nitrogens with one attached hydrogen (secondary N) is 2. The predicted molar refractivity (Wildman–Crippen MR) is 147 cm³/mol. The van der Waals surface area contributed by atoms with Gasteiger partial charge in [-0.25, -0.2) is 4.98 Å². The summed E-state index contributed by atoms with van der Waals surface area (Å²) in [5, 5.41) is 7.27. The minimum Gasteiger partial charge on any atom is -0.326 e. The van der Waals surface area contributed by atoms with E-state index in [4.69, 9.17) is 16.6 Å². The molecule has 2 aromatic heterocycles. The minimum absolute atomic E-state index is 0.0735. The third-order valence-corrected chi connectivity index (χ3v) is 8.24. The SMILES string of the molecule is CC(=O)Nc1ccc(NC(=O)CSc2nc3sc4c(c3c(=O)n2-c2ccc(Cl)cc2)CCCC4)cc1. The summed E-state index contributed by atoms with van der Waals surface area (Å²) in [5.74, 6) is -0.315. The van der Waals surface area contributed by atoms with Crippen LogP contribution in [0.25, 0.3) is 15.9 Å². The highest BCUT2D eigenvalue weighted by Crippen LogP contribution is 2.35. The van der Waals surface area contributed by atoms with Gasteiger partial charge in [0, 0.05) is 28.2 Å². The van der Waals surface area contributed by atoms with E-state index in [0.717, 1.165) is 36.1 Å². The molecule has 7 nitrogen and oxygen atoms in total. The first-order chi connectivity index (χ1) is 17.4. The highest BCUT2D eigenvalue weighted by Gasteiger charge is 2.23. The zero-order valence-corrected chi connectivity index (χ0v) is 21.9. The zero-order valence-electron chi connectivity index (χ0n) is 19.5. The van der Waals surface area contributed by atoms with Crippen LogP contribution in [0.15, 0.2) is 58.5 Å². The number of nitrogens with zero attached hydrogens (tertiary/aromatic N) is 2. The Kier molecular flexibility index (Phi) is 7.13. The number of amides is 2. The number of anilines is 2. The normalized spacial score (nSPS) is 12.8. The van der Waals surface area contributed by atoms with E-state index in [-0.39, 0.29) is 23.1 Å². The second kappa shape index (κ2) is 10.5. The maximum Gasteiger partial charge on any atom is 0.267 e. The Morgan fingerprint density at radius 1 is 1.03 bits per heavy atom. The molecular formula is C26H23ClN4O3S2. The van der Waals surface area contributed by atoms with Gasteiger partial charge in [-0.15, -0.1) is 11.3 Å². The van der Waals surface area contributed by atoms with Gasteiger partial charge in [-0.3, -0.25) is 19.0 Å². The van der Waals surface area contributed by atoms with Gasteiger partial charge < -0.3 is 10.6 Å². The summed E-state index contributed by atoms with van der Waals surface area (Å²) >= 11 is 8.89. The maximum atomic E-state index is 13.8. The number of hydrogen-bond donors (Lipinski definition) is 2. The van der Waals surface area contributed by atoms with Crippen LogP contribution in [0, 0.1) is 0 Å². The Hall–Kier alpha value is -3.14. The standard InChI is InChI=1S/C26H23ClN4O3S2/c1-15(32)28-17-8-10-18(11-9-17)29-22(33)14-35-26-30-24-23(20-4-2-3-5-21(20)36-24)25(34)31(26)19-12-6-16(27)7-13-19/h6-13H,2-5,14H2,1H3,(H,28,32)(H,29,33). The summed E-state index contributed by atoms with van der Waals surface area (Å²) in [7, 11) is 0. The largest absolute Gasteiger partial charge is 0.326 e. The molecule has 2 N–H and O–H groups in total. The fraction of sp³-hybridized carbons (Fsp3) is 0.231. The minimum atomic E-state index is -0.227. The molecule has 10 heteroatoms. The van der Waals surface area contributed by atoms with E-state index in [2.05, 4.69) is 10.6 Å². The van der Waals surface area contributed by atoms with Crippen LogP contribution in [0.5, 0.6) is 0 Å². The van der Waals surface area contributed by atoms with Gasteiger partial charge in [-0.05, 0) is 79.8 Å². The van der Waals surface area contributed by atoms with Crippen LogP contribution >= 0.6 is 34.7 Å². The molecule has 36 heavy (non-hydrogen) atoms. The molecule has 0 radical (unpaired) electrons. The van der Waals surface area contributed by atoms with Gasteiger partial charge >= 0.3 is 0 Å². The first-order valence-corrected chi connectivity index (χ1v) is 13.7. The van der Waals surface area contributed by atoms with Crippen LogP contribution < -0.4 is 16.2 Å². The number of rotatable bonds is 6. The molecule has 1 aliphatic rings. The van der Waals surface area contributed by atoms with Crippen molar-refractivity contribution in [2.45, 2.75) is 37.8 Å². The van der Waals surface area contributed by atoms with E-state index in [1.807, 2.05) is 0 Å². The number of benzene rings is 2. The molecule has 2 heterocycles. The first-order valence-electron chi connectivity index (χ1n) is 11.5. The van der Waals surface area contributed by atoms with E-state index >= 15 is 0 Å². The van der Waals surface area contributed by atoms with Gasteiger partial charge in [-0.1, -0.05) is 23.4 Å². The van der Waals surface area contributed by atoms with Gasteiger partial charge in [-0.2, -0.15) is 0 Å². The van der Waals surface area contributed by atoms with E-state index in [9.17, 15) is 14.4 Å². The smallest absolute Gasteiger partial charge is 0.267 e. The lowest BCUT2D eigenvalue weighted by atomic mass is 9.97. The predicted octanol–water partition coefficient (Wildman–Crippen LogP) is 5.67. The third kappa shape index (κ3) is 5.18. The van der Waals surface area contributed by atoms with Gasteiger partial charge in [0.05, 0.1) is 16.8 Å². The van der Waals surface area contributed by atoms with Crippen molar-refractivity contribution in [1.29, 1.82) is 0 Å². The van der Waals surface area contributed by atoms with E-state index in [1.165, 1.54) is 23.6 Å². The summed E-state index contributed by atoms with van der Waals surface area (Å²) in [6.07, 6.45) is 4.06. The fourth-order valence-corrected chi connectivity index (χ4v) is 6.51. The highest BCUT2D eigenvalue weighted by atomic mass is 35.5. The highest BCUT2D eigenvalue weighted by molar-refractivity contribution is 7.99. The van der Waals surface area contributed by atoms with Crippen molar-refractivity contribution >= 4 is 68.1 Å². The van der Waals surface area contributed by atoms with E-state index in [1.54, 1.807) is 64.4 Å². The number of carbonyl (C=O) groups excluding carboxylic acids is 2. The molecule has 0 bridgehead atoms. The molecule has 0 unspecified atom stereocenters. The molecule has 5 rings (SSSR count). The van der Waals surface area contributed by atoms with E-state index < -0.39 is 0 Å². The quantitative estimate of drug-likeness (QED) is 0.244. The Morgan fingerprint density at radius 3 is 2.39 bits per heavy atom. The number of thiophene rings is 1. The van der Waals surface area contributed by atoms with Gasteiger partial charge in [0.25, 0.3) is 5.56 Å². The molecule has 1 aliphatic carbocycles. The van der Waals surface area contributed by atoms with Gasteiger partial charge in [0.2, 0.25) is 11.8 Å². The topological polar surface area (TPSA) is 93.1 Å². The summed E-state index contributed by atoms with van der Waals surface area (Å²) in [6, 6.07) is 13.9. The Morgan fingerprint density at radius 2 is 1.69 bits per heavy atom. The number of thioether (sulfide) groups is 1. The average Bonchev–Trinajstić information content (AvgIpc) is 3.23. The Labute approximate surface area is 220 Å². The first kappa shape index (κ1) is 24.5. The summed E-state index contributed by atoms with van der Waals surface area (Å²) < 4.78 is 1.58. The van der Waals surface area contributed by atoms with Crippen molar-refractivity contribution < 1.29 is 9.59 Å². The lowest BCUT2D eigenvalue weighted by molar-refractivity contribution is -0.114. The number of aromatic nitrogens is 2. The molecule has 0 spiro atoms. The number of aryl methyl sites for hydroxylation is 2. The number of carbonyl (C=O) groups is 2. The molecule has 2 aromatic carbocycles. The number of fused-ring (bicyclic) bond motifs is 3. The van der Waals surface area contributed by atoms with Crippen LogP contribution in [0.4, 0.5) is 11.4 Å². The fourth-order valence-electron chi connectivity index (χ4n) is 4.27. The zero-order chi connectivity index (χ0) is 25.2. The summed E-state index contributed by atoms with van der Waals surface area (Å²) in [5.41, 5.74) is 2.93. The lowest BCUT2D eigenvalue weighted by Gasteiger charge is -2.14. The maximum absolute atomic E-state index is 13.8. The average molecular weight is 539 g/mol. The Balaban J connectivity index is 1.43. The van der Waals surface area contributed by atoms with Gasteiger partial charge in [0.1, 0.15) is 4.83 Å². The van der Waals surface area contributed by atoms with Crippen molar-refractivity contribution in [1.82, 2.24) is 9.55 Å².